The van der Waals surface area contributed by atoms with Crippen LogP contribution in [0.5, 0.6) is 11.5 Å². The van der Waals surface area contributed by atoms with Gasteiger partial charge in [0.1, 0.15) is 5.75 Å². The Bertz CT molecular complexity index is 1060. The summed E-state index contributed by atoms with van der Waals surface area (Å²) in [6, 6.07) is 13.7. The van der Waals surface area contributed by atoms with Gasteiger partial charge in [0.15, 0.2) is 11.6 Å². The maximum atomic E-state index is 14.0. The molecule has 0 amide bonds. The number of hydrogen-bond acceptors (Lipinski definition) is 3. The van der Waals surface area contributed by atoms with Crippen LogP contribution < -0.4 is 4.74 Å². The second kappa shape index (κ2) is 9.40. The van der Waals surface area contributed by atoms with Crippen LogP contribution in [0.3, 0.4) is 0 Å². The van der Waals surface area contributed by atoms with Crippen LogP contribution in [0.4, 0.5) is 30.7 Å². The lowest BCUT2D eigenvalue weighted by molar-refractivity contribution is -0.283. The summed E-state index contributed by atoms with van der Waals surface area (Å²) in [5, 5.41) is 10.3. The van der Waals surface area contributed by atoms with Crippen molar-refractivity contribution in [3.63, 3.8) is 0 Å². The number of para-hydroxylation sites is 1. The Kier molecular flexibility index (Phi) is 6.99. The molecule has 0 aliphatic heterocycles. The summed E-state index contributed by atoms with van der Waals surface area (Å²) in [4.78, 5) is 0. The molecule has 0 fully saturated rings. The first-order valence-electron chi connectivity index (χ1n) is 9.46. The normalized spacial score (nSPS) is 14.1. The van der Waals surface area contributed by atoms with Crippen molar-refractivity contribution in [2.75, 3.05) is 6.61 Å². The first kappa shape index (κ1) is 24.5. The zero-order valence-electron chi connectivity index (χ0n) is 16.8. The fraction of sp³-hybridized carbons (Fsp3) is 0.217. The van der Waals surface area contributed by atoms with Crippen LogP contribution in [-0.2, 0) is 23.1 Å². The minimum absolute atomic E-state index is 0.184. The van der Waals surface area contributed by atoms with Crippen LogP contribution in [0.1, 0.15) is 16.7 Å². The zero-order valence-corrected chi connectivity index (χ0v) is 16.8. The minimum atomic E-state index is -5.24. The van der Waals surface area contributed by atoms with E-state index in [0.717, 1.165) is 6.07 Å². The zero-order chi connectivity index (χ0) is 24.3. The molecule has 0 bridgehead atoms. The van der Waals surface area contributed by atoms with Gasteiger partial charge in [-0.25, -0.2) is 4.39 Å². The lowest BCUT2D eigenvalue weighted by Crippen LogP contribution is -2.46. The van der Waals surface area contributed by atoms with Crippen molar-refractivity contribution in [2.45, 2.75) is 24.6 Å². The first-order valence-corrected chi connectivity index (χ1v) is 9.46. The van der Waals surface area contributed by atoms with Gasteiger partial charge >= 0.3 is 12.4 Å². The second-order valence-electron chi connectivity index (χ2n) is 7.11. The van der Waals surface area contributed by atoms with E-state index in [9.17, 15) is 35.8 Å². The Morgan fingerprint density at radius 1 is 0.758 bits per heavy atom. The molecule has 0 radical (unpaired) electrons. The first-order chi connectivity index (χ1) is 15.4. The van der Waals surface area contributed by atoms with E-state index in [1.54, 1.807) is 30.3 Å². The van der Waals surface area contributed by atoms with Crippen molar-refractivity contribution in [2.24, 2.45) is 0 Å². The molecule has 0 spiro atoms. The highest BCUT2D eigenvalue weighted by molar-refractivity contribution is 5.35. The number of halogens is 7. The predicted molar refractivity (Wildman–Crippen MR) is 104 cm³/mol. The number of aliphatic hydroxyl groups is 1. The van der Waals surface area contributed by atoms with Crippen LogP contribution in [0, 0.1) is 5.82 Å². The van der Waals surface area contributed by atoms with E-state index in [2.05, 4.69) is 0 Å². The van der Waals surface area contributed by atoms with Gasteiger partial charge in [-0.1, -0.05) is 36.4 Å². The second-order valence-corrected chi connectivity index (χ2v) is 7.11. The SMILES string of the molecule is OC(COCc1ccc(F)c(Oc2ccccc2)c1)(c1ccc(C(F)(F)F)cc1)C(F)(F)F. The maximum absolute atomic E-state index is 14.0. The summed E-state index contributed by atoms with van der Waals surface area (Å²) < 4.78 is 103. The molecular weight excluding hydrogens is 457 g/mol. The molecule has 3 rings (SSSR count). The Labute approximate surface area is 184 Å². The highest BCUT2D eigenvalue weighted by atomic mass is 19.4. The third kappa shape index (κ3) is 5.82. The molecule has 1 unspecified atom stereocenters. The van der Waals surface area contributed by atoms with Gasteiger partial charge in [-0.3, -0.25) is 0 Å². The third-order valence-electron chi connectivity index (χ3n) is 4.71. The van der Waals surface area contributed by atoms with Crippen LogP contribution in [0.15, 0.2) is 72.8 Å². The molecule has 0 saturated carbocycles. The molecule has 3 nitrogen and oxygen atoms in total. The minimum Gasteiger partial charge on any atom is -0.454 e. The highest BCUT2D eigenvalue weighted by Gasteiger charge is 2.55. The Hall–Kier alpha value is -3.11. The lowest BCUT2D eigenvalue weighted by Gasteiger charge is -2.31. The quantitative estimate of drug-likeness (QED) is 0.392. The Morgan fingerprint density at radius 3 is 1.94 bits per heavy atom. The predicted octanol–water partition coefficient (Wildman–Crippen LogP) is 6.60. The number of benzene rings is 3. The maximum Gasteiger partial charge on any atom is 0.423 e. The van der Waals surface area contributed by atoms with E-state index in [4.69, 9.17) is 9.47 Å². The average Bonchev–Trinajstić information content (AvgIpc) is 2.75. The van der Waals surface area contributed by atoms with Gasteiger partial charge in [-0.15, -0.1) is 0 Å². The van der Waals surface area contributed by atoms with Gasteiger partial charge in [0.2, 0.25) is 5.60 Å². The summed E-state index contributed by atoms with van der Waals surface area (Å²) in [5.41, 5.74) is -5.27. The monoisotopic (exact) mass is 474 g/mol. The molecule has 0 aromatic heterocycles. The lowest BCUT2D eigenvalue weighted by atomic mass is 9.93. The molecule has 1 N–H and O–H groups in total. The van der Waals surface area contributed by atoms with Gasteiger partial charge in [0.05, 0.1) is 18.8 Å². The average molecular weight is 474 g/mol. The van der Waals surface area contributed by atoms with Crippen molar-refractivity contribution < 1.29 is 45.3 Å². The molecule has 3 aromatic rings. The van der Waals surface area contributed by atoms with Crippen LogP contribution in [0.2, 0.25) is 0 Å². The molecule has 10 heteroatoms. The summed E-state index contributed by atoms with van der Waals surface area (Å²) >= 11 is 0. The Morgan fingerprint density at radius 2 is 1.36 bits per heavy atom. The molecular formula is C23H17F7O3. The molecule has 33 heavy (non-hydrogen) atoms. The number of hydrogen-bond donors (Lipinski definition) is 1. The molecule has 0 heterocycles. The van der Waals surface area contributed by atoms with Crippen LogP contribution in [-0.4, -0.2) is 17.9 Å². The van der Waals surface area contributed by atoms with Crippen molar-refractivity contribution in [1.29, 1.82) is 0 Å². The van der Waals surface area contributed by atoms with E-state index in [-0.39, 0.29) is 11.3 Å². The van der Waals surface area contributed by atoms with Gasteiger partial charge < -0.3 is 14.6 Å². The van der Waals surface area contributed by atoms with E-state index in [0.29, 0.717) is 30.0 Å². The van der Waals surface area contributed by atoms with Crippen molar-refractivity contribution >= 4 is 0 Å². The molecule has 0 saturated heterocycles. The van der Waals surface area contributed by atoms with E-state index in [1.165, 1.54) is 12.1 Å². The number of ether oxygens (including phenoxy) is 2. The smallest absolute Gasteiger partial charge is 0.423 e. The summed E-state index contributed by atoms with van der Waals surface area (Å²) in [6.07, 6.45) is -9.98. The largest absolute Gasteiger partial charge is 0.454 e. The summed E-state index contributed by atoms with van der Waals surface area (Å²) in [6.45, 7) is -1.75. The number of alkyl halides is 6. The van der Waals surface area contributed by atoms with E-state index in [1.807, 2.05) is 0 Å². The van der Waals surface area contributed by atoms with Crippen molar-refractivity contribution in [1.82, 2.24) is 0 Å². The fourth-order valence-electron chi connectivity index (χ4n) is 2.91. The molecule has 3 aromatic carbocycles. The standard InChI is InChI=1S/C23H17F7O3/c24-19-11-6-15(12-20(19)33-18-4-2-1-3-5-18)13-32-14-21(31,23(28,29)30)16-7-9-17(10-8-16)22(25,26)27/h1-12,31H,13-14H2. The fourth-order valence-corrected chi connectivity index (χ4v) is 2.91. The highest BCUT2D eigenvalue weighted by Crippen LogP contribution is 2.40. The van der Waals surface area contributed by atoms with Gasteiger partial charge in [0.25, 0.3) is 0 Å². The Balaban J connectivity index is 1.74. The van der Waals surface area contributed by atoms with Gasteiger partial charge in [-0.2, -0.15) is 26.3 Å². The molecule has 176 valence electrons. The van der Waals surface area contributed by atoms with E-state index < -0.39 is 48.1 Å². The van der Waals surface area contributed by atoms with Gasteiger partial charge in [0, 0.05) is 0 Å². The number of rotatable bonds is 7. The molecule has 0 aliphatic rings. The van der Waals surface area contributed by atoms with Crippen molar-refractivity contribution in [3.05, 3.63) is 95.3 Å². The van der Waals surface area contributed by atoms with Crippen molar-refractivity contribution in [3.8, 4) is 11.5 Å². The molecule has 1 atom stereocenters. The third-order valence-corrected chi connectivity index (χ3v) is 4.71. The van der Waals surface area contributed by atoms with Gasteiger partial charge in [-0.05, 0) is 47.5 Å². The molecule has 0 aliphatic carbocycles. The van der Waals surface area contributed by atoms with Crippen LogP contribution in [0.25, 0.3) is 0 Å². The summed E-state index contributed by atoms with van der Waals surface area (Å²) in [5.74, 6) is -0.557. The van der Waals surface area contributed by atoms with E-state index >= 15 is 0 Å². The topological polar surface area (TPSA) is 38.7 Å². The van der Waals surface area contributed by atoms with Crippen LogP contribution >= 0.6 is 0 Å². The summed E-state index contributed by atoms with van der Waals surface area (Å²) in [7, 11) is 0.